The zero-order chi connectivity index (χ0) is 23.5. The van der Waals surface area contributed by atoms with Crippen molar-refractivity contribution in [1.82, 2.24) is 20.2 Å². The summed E-state index contributed by atoms with van der Waals surface area (Å²) in [6.07, 6.45) is 6.40. The molecule has 2 rings (SSSR count). The van der Waals surface area contributed by atoms with Gasteiger partial charge in [0.25, 0.3) is 0 Å². The largest absolute Gasteiger partial charge is 0.355 e. The topological polar surface area (TPSA) is 78.4 Å². The highest BCUT2D eigenvalue weighted by Crippen LogP contribution is 2.24. The molecule has 0 aromatic carbocycles. The maximum Gasteiger partial charge on any atom is 0.230 e. The fraction of sp³-hybridized carbons (Fsp3) is 0.739. The van der Waals surface area contributed by atoms with Crippen molar-refractivity contribution in [2.45, 2.75) is 77.4 Å². The van der Waals surface area contributed by atoms with Crippen molar-refractivity contribution in [2.24, 2.45) is 5.92 Å². The number of halogens is 1. The summed E-state index contributed by atoms with van der Waals surface area (Å²) in [6, 6.07) is 1.86. The molecule has 2 heterocycles. The zero-order valence-electron chi connectivity index (χ0n) is 19.9. The predicted molar refractivity (Wildman–Crippen MR) is 132 cm³/mol. The number of hydrogen-bond acceptors (Lipinski definition) is 6. The van der Waals surface area contributed by atoms with Crippen molar-refractivity contribution in [3.8, 4) is 0 Å². The standard InChI is InChI=1S/C23H38ClN5O2S/c1-5-6-7-8-9-10-22(31)29-12-11-28(15-18(29)4)20-13-19(24)26-23(27-20)32-16-21(30)25-14-17(2)3/h13,17-18H,5-12,14-16H2,1-4H3,(H,25,30). The highest BCUT2D eigenvalue weighted by Gasteiger charge is 2.28. The highest BCUT2D eigenvalue weighted by molar-refractivity contribution is 7.99. The van der Waals surface area contributed by atoms with E-state index in [1.165, 1.54) is 31.0 Å². The zero-order valence-corrected chi connectivity index (χ0v) is 21.5. The number of anilines is 1. The molecule has 0 bridgehead atoms. The van der Waals surface area contributed by atoms with Crippen LogP contribution in [0.25, 0.3) is 0 Å². The first-order chi connectivity index (χ1) is 15.3. The fourth-order valence-electron chi connectivity index (χ4n) is 3.67. The Labute approximate surface area is 202 Å². The lowest BCUT2D eigenvalue weighted by molar-refractivity contribution is -0.133. The van der Waals surface area contributed by atoms with Gasteiger partial charge in [-0.3, -0.25) is 9.59 Å². The number of piperazine rings is 1. The van der Waals surface area contributed by atoms with Crippen molar-refractivity contribution in [2.75, 3.05) is 36.8 Å². The second-order valence-electron chi connectivity index (χ2n) is 8.86. The van der Waals surface area contributed by atoms with Crippen molar-refractivity contribution in [3.63, 3.8) is 0 Å². The number of amides is 2. The summed E-state index contributed by atoms with van der Waals surface area (Å²) < 4.78 is 0. The number of thioether (sulfide) groups is 1. The molecule has 0 radical (unpaired) electrons. The Kier molecular flexibility index (Phi) is 11.6. The SMILES string of the molecule is CCCCCCCC(=O)N1CCN(c2cc(Cl)nc(SCC(=O)NCC(C)C)n2)CC1C. The van der Waals surface area contributed by atoms with Crippen LogP contribution in [0, 0.1) is 5.92 Å². The Balaban J connectivity index is 1.87. The minimum absolute atomic E-state index is 0.0377. The molecule has 1 unspecified atom stereocenters. The van der Waals surface area contributed by atoms with Crippen LogP contribution in [-0.4, -0.2) is 64.7 Å². The van der Waals surface area contributed by atoms with Gasteiger partial charge in [-0.05, 0) is 19.3 Å². The van der Waals surface area contributed by atoms with Gasteiger partial charge in [-0.1, -0.05) is 69.8 Å². The second-order valence-corrected chi connectivity index (χ2v) is 10.2. The summed E-state index contributed by atoms with van der Waals surface area (Å²) in [4.78, 5) is 37.7. The Morgan fingerprint density at radius 3 is 2.66 bits per heavy atom. The lowest BCUT2D eigenvalue weighted by atomic mass is 10.1. The first kappa shape index (κ1) is 26.7. The maximum absolute atomic E-state index is 12.7. The molecule has 9 heteroatoms. The Bertz CT molecular complexity index is 749. The van der Waals surface area contributed by atoms with Gasteiger partial charge in [0.2, 0.25) is 11.8 Å². The Morgan fingerprint density at radius 1 is 1.22 bits per heavy atom. The Morgan fingerprint density at radius 2 is 1.97 bits per heavy atom. The molecule has 1 aromatic rings. The minimum atomic E-state index is -0.0377. The first-order valence-corrected chi connectivity index (χ1v) is 13.1. The summed E-state index contributed by atoms with van der Waals surface area (Å²) in [5.74, 6) is 1.62. The summed E-state index contributed by atoms with van der Waals surface area (Å²) in [5, 5.41) is 3.75. The molecule has 1 atom stereocenters. The number of rotatable bonds is 12. The third-order valence-electron chi connectivity index (χ3n) is 5.47. The predicted octanol–water partition coefficient (Wildman–Crippen LogP) is 4.39. The lowest BCUT2D eigenvalue weighted by Crippen LogP contribution is -2.54. The van der Waals surface area contributed by atoms with E-state index in [4.69, 9.17) is 11.6 Å². The molecule has 1 aliphatic heterocycles. The van der Waals surface area contributed by atoms with Crippen LogP contribution in [0.4, 0.5) is 5.82 Å². The van der Waals surface area contributed by atoms with Gasteiger partial charge < -0.3 is 15.1 Å². The van der Waals surface area contributed by atoms with E-state index < -0.39 is 0 Å². The summed E-state index contributed by atoms with van der Waals surface area (Å²) in [7, 11) is 0. The van der Waals surface area contributed by atoms with Crippen LogP contribution in [0.5, 0.6) is 0 Å². The minimum Gasteiger partial charge on any atom is -0.355 e. The molecule has 0 saturated carbocycles. The van der Waals surface area contributed by atoms with Crippen molar-refractivity contribution < 1.29 is 9.59 Å². The molecule has 180 valence electrons. The molecule has 1 aromatic heterocycles. The van der Waals surface area contributed by atoms with Gasteiger partial charge in [-0.2, -0.15) is 0 Å². The highest BCUT2D eigenvalue weighted by atomic mass is 35.5. The third-order valence-corrected chi connectivity index (χ3v) is 6.51. The number of nitrogens with one attached hydrogen (secondary N) is 1. The number of unbranched alkanes of at least 4 members (excludes halogenated alkanes) is 4. The maximum atomic E-state index is 12.7. The number of nitrogens with zero attached hydrogens (tertiary/aromatic N) is 4. The van der Waals surface area contributed by atoms with Crippen LogP contribution >= 0.6 is 23.4 Å². The molecular formula is C23H38ClN5O2S. The molecule has 2 amide bonds. The first-order valence-electron chi connectivity index (χ1n) is 11.8. The monoisotopic (exact) mass is 483 g/mol. The average molecular weight is 484 g/mol. The second kappa shape index (κ2) is 13.9. The quantitative estimate of drug-likeness (QED) is 0.205. The number of aromatic nitrogens is 2. The molecule has 7 nitrogen and oxygen atoms in total. The molecule has 0 aliphatic carbocycles. The number of hydrogen-bond donors (Lipinski definition) is 1. The van der Waals surface area contributed by atoms with E-state index in [0.29, 0.717) is 48.8 Å². The van der Waals surface area contributed by atoms with E-state index in [1.807, 2.05) is 4.90 Å². The molecule has 1 aliphatic rings. The summed E-state index contributed by atoms with van der Waals surface area (Å²) >= 11 is 7.52. The lowest BCUT2D eigenvalue weighted by Gasteiger charge is -2.40. The van der Waals surface area contributed by atoms with Crippen molar-refractivity contribution in [1.29, 1.82) is 0 Å². The summed E-state index contributed by atoms with van der Waals surface area (Å²) in [6.45, 7) is 11.1. The van der Waals surface area contributed by atoms with E-state index >= 15 is 0 Å². The van der Waals surface area contributed by atoms with Gasteiger partial charge in [0.05, 0.1) is 5.75 Å². The van der Waals surface area contributed by atoms with Gasteiger partial charge in [0.15, 0.2) is 5.16 Å². The van der Waals surface area contributed by atoms with Gasteiger partial charge in [0.1, 0.15) is 11.0 Å². The third kappa shape index (κ3) is 9.14. The van der Waals surface area contributed by atoms with Gasteiger partial charge in [-0.15, -0.1) is 0 Å². The van der Waals surface area contributed by atoms with Gasteiger partial charge in [0, 0.05) is 44.7 Å². The van der Waals surface area contributed by atoms with Crippen molar-refractivity contribution in [3.05, 3.63) is 11.2 Å². The normalized spacial score (nSPS) is 16.5. The van der Waals surface area contributed by atoms with E-state index in [1.54, 1.807) is 6.07 Å². The molecule has 1 fully saturated rings. The van der Waals surface area contributed by atoms with Crippen LogP contribution < -0.4 is 10.2 Å². The molecule has 1 saturated heterocycles. The van der Waals surface area contributed by atoms with Crippen LogP contribution in [0.2, 0.25) is 5.15 Å². The molecule has 1 N–H and O–H groups in total. The van der Waals surface area contributed by atoms with Crippen LogP contribution in [-0.2, 0) is 9.59 Å². The number of carbonyl (C=O) groups is 2. The van der Waals surface area contributed by atoms with E-state index in [0.717, 1.165) is 18.7 Å². The molecule has 0 spiro atoms. The smallest absolute Gasteiger partial charge is 0.230 e. The van der Waals surface area contributed by atoms with Crippen LogP contribution in [0.1, 0.15) is 66.2 Å². The molecular weight excluding hydrogens is 446 g/mol. The van der Waals surface area contributed by atoms with Gasteiger partial charge in [-0.25, -0.2) is 9.97 Å². The number of carbonyl (C=O) groups excluding carboxylic acids is 2. The Hall–Kier alpha value is -1.54. The fourth-order valence-corrected chi connectivity index (χ4v) is 4.58. The van der Waals surface area contributed by atoms with E-state index in [2.05, 4.69) is 47.9 Å². The summed E-state index contributed by atoms with van der Waals surface area (Å²) in [5.41, 5.74) is 0. The van der Waals surface area contributed by atoms with Crippen LogP contribution in [0.3, 0.4) is 0 Å². The van der Waals surface area contributed by atoms with E-state index in [-0.39, 0.29) is 23.6 Å². The van der Waals surface area contributed by atoms with Gasteiger partial charge >= 0.3 is 0 Å². The van der Waals surface area contributed by atoms with Crippen LogP contribution in [0.15, 0.2) is 11.2 Å². The van der Waals surface area contributed by atoms with Crippen molar-refractivity contribution >= 4 is 41.0 Å². The van der Waals surface area contributed by atoms with E-state index in [9.17, 15) is 9.59 Å². The average Bonchev–Trinajstić information content (AvgIpc) is 2.75. The molecule has 32 heavy (non-hydrogen) atoms.